The van der Waals surface area contributed by atoms with Crippen molar-refractivity contribution in [3.05, 3.63) is 42.7 Å². The van der Waals surface area contributed by atoms with Crippen LogP contribution in [0.25, 0.3) is 11.1 Å². The maximum absolute atomic E-state index is 11.9. The summed E-state index contributed by atoms with van der Waals surface area (Å²) in [5.41, 5.74) is 2.20. The second-order valence-electron chi connectivity index (χ2n) is 4.22. The number of carbonyl (C=O) groups is 1. The third-order valence-corrected chi connectivity index (χ3v) is 2.31. The topological polar surface area (TPSA) is 67.8 Å². The van der Waals surface area contributed by atoms with Crippen molar-refractivity contribution < 1.29 is 4.79 Å². The molecule has 92 valence electrons. The van der Waals surface area contributed by atoms with Gasteiger partial charge in [-0.25, -0.2) is 9.97 Å². The van der Waals surface area contributed by atoms with E-state index in [4.69, 9.17) is 0 Å². The van der Waals surface area contributed by atoms with E-state index in [1.165, 1.54) is 6.33 Å². The summed E-state index contributed by atoms with van der Waals surface area (Å²) in [5.74, 6) is -0.129. The van der Waals surface area contributed by atoms with Gasteiger partial charge in [0.1, 0.15) is 6.33 Å². The molecular weight excluding hydrogens is 228 g/mol. The van der Waals surface area contributed by atoms with Gasteiger partial charge >= 0.3 is 0 Å². The molecule has 0 atom stereocenters. The van der Waals surface area contributed by atoms with Crippen molar-refractivity contribution >= 4 is 5.91 Å². The molecular formula is C13H14N4O. The molecule has 0 bridgehead atoms. The maximum Gasteiger partial charge on any atom is 0.253 e. The zero-order chi connectivity index (χ0) is 13.0. The minimum atomic E-state index is -0.129. The lowest BCUT2D eigenvalue weighted by atomic mass is 10.1. The van der Waals surface area contributed by atoms with Crippen LogP contribution >= 0.6 is 0 Å². The molecule has 5 nitrogen and oxygen atoms in total. The number of carbonyl (C=O) groups excluding carboxylic acids is 1. The van der Waals surface area contributed by atoms with Crippen LogP contribution in [0.2, 0.25) is 0 Å². The van der Waals surface area contributed by atoms with Gasteiger partial charge in [-0.3, -0.25) is 9.78 Å². The molecule has 2 rings (SSSR count). The normalized spacial score (nSPS) is 10.4. The van der Waals surface area contributed by atoms with Gasteiger partial charge in [-0.15, -0.1) is 0 Å². The van der Waals surface area contributed by atoms with Crippen LogP contribution in [0, 0.1) is 0 Å². The highest BCUT2D eigenvalue weighted by Crippen LogP contribution is 2.16. The lowest BCUT2D eigenvalue weighted by Crippen LogP contribution is -2.30. The summed E-state index contributed by atoms with van der Waals surface area (Å²) in [7, 11) is 0. The Bertz CT molecular complexity index is 540. The summed E-state index contributed by atoms with van der Waals surface area (Å²) >= 11 is 0. The second kappa shape index (κ2) is 5.35. The van der Waals surface area contributed by atoms with Crippen molar-refractivity contribution in [3.63, 3.8) is 0 Å². The van der Waals surface area contributed by atoms with Gasteiger partial charge in [-0.2, -0.15) is 0 Å². The van der Waals surface area contributed by atoms with Crippen molar-refractivity contribution in [1.29, 1.82) is 0 Å². The average Bonchev–Trinajstić information content (AvgIpc) is 2.39. The van der Waals surface area contributed by atoms with E-state index in [-0.39, 0.29) is 11.9 Å². The molecule has 1 N–H and O–H groups in total. The highest BCUT2D eigenvalue weighted by molar-refractivity contribution is 5.95. The predicted octanol–water partition coefficient (Wildman–Crippen LogP) is 1.68. The fourth-order valence-corrected chi connectivity index (χ4v) is 1.52. The molecule has 0 spiro atoms. The summed E-state index contributed by atoms with van der Waals surface area (Å²) in [6.07, 6.45) is 8.07. The minimum Gasteiger partial charge on any atom is -0.350 e. The van der Waals surface area contributed by atoms with Gasteiger partial charge in [0.2, 0.25) is 0 Å². The van der Waals surface area contributed by atoms with Crippen LogP contribution in [0.4, 0.5) is 0 Å². The fraction of sp³-hybridized carbons (Fsp3) is 0.231. The zero-order valence-electron chi connectivity index (χ0n) is 10.3. The van der Waals surface area contributed by atoms with Crippen molar-refractivity contribution in [1.82, 2.24) is 20.3 Å². The summed E-state index contributed by atoms with van der Waals surface area (Å²) in [6.45, 7) is 3.83. The number of hydrogen-bond donors (Lipinski definition) is 1. The predicted molar refractivity (Wildman–Crippen MR) is 67.9 cm³/mol. The van der Waals surface area contributed by atoms with E-state index in [9.17, 15) is 4.79 Å². The first-order chi connectivity index (χ1) is 8.66. The van der Waals surface area contributed by atoms with Crippen LogP contribution in [0.3, 0.4) is 0 Å². The fourth-order valence-electron chi connectivity index (χ4n) is 1.52. The Labute approximate surface area is 105 Å². The van der Waals surface area contributed by atoms with Crippen molar-refractivity contribution in [2.45, 2.75) is 19.9 Å². The molecule has 0 saturated carbocycles. The van der Waals surface area contributed by atoms with E-state index in [0.717, 1.165) is 11.1 Å². The molecule has 0 aliphatic carbocycles. The summed E-state index contributed by atoms with van der Waals surface area (Å²) in [4.78, 5) is 23.8. The van der Waals surface area contributed by atoms with E-state index in [1.54, 1.807) is 30.9 Å². The molecule has 0 aliphatic heterocycles. The van der Waals surface area contributed by atoms with Crippen molar-refractivity contribution in [2.24, 2.45) is 0 Å². The largest absolute Gasteiger partial charge is 0.350 e. The molecule has 0 unspecified atom stereocenters. The lowest BCUT2D eigenvalue weighted by molar-refractivity contribution is 0.0943. The van der Waals surface area contributed by atoms with Crippen LogP contribution in [-0.4, -0.2) is 26.9 Å². The molecule has 0 fully saturated rings. The molecule has 0 aromatic carbocycles. The lowest BCUT2D eigenvalue weighted by Gasteiger charge is -2.08. The third kappa shape index (κ3) is 2.88. The standard InChI is InChI=1S/C13H14N4O/c1-9(2)17-13(18)11-3-10(4-14-5-11)12-6-15-8-16-7-12/h3-9H,1-2H3,(H,17,18). The summed E-state index contributed by atoms with van der Waals surface area (Å²) < 4.78 is 0. The SMILES string of the molecule is CC(C)NC(=O)c1cncc(-c2cncnc2)c1. The first kappa shape index (κ1) is 12.2. The van der Waals surface area contributed by atoms with E-state index in [2.05, 4.69) is 20.3 Å². The van der Waals surface area contributed by atoms with Crippen LogP contribution in [0.1, 0.15) is 24.2 Å². The summed E-state index contributed by atoms with van der Waals surface area (Å²) in [6, 6.07) is 1.88. The van der Waals surface area contributed by atoms with Gasteiger partial charge in [-0.1, -0.05) is 0 Å². The Morgan fingerprint density at radius 2 is 1.72 bits per heavy atom. The van der Waals surface area contributed by atoms with E-state index < -0.39 is 0 Å². The van der Waals surface area contributed by atoms with Gasteiger partial charge in [0, 0.05) is 42.0 Å². The van der Waals surface area contributed by atoms with Gasteiger partial charge in [-0.05, 0) is 19.9 Å². The Kier molecular flexibility index (Phi) is 3.62. The number of hydrogen-bond acceptors (Lipinski definition) is 4. The minimum absolute atomic E-state index is 0.0983. The van der Waals surface area contributed by atoms with Crippen LogP contribution in [0.15, 0.2) is 37.2 Å². The quantitative estimate of drug-likeness (QED) is 0.889. The molecule has 18 heavy (non-hydrogen) atoms. The number of aromatic nitrogens is 3. The highest BCUT2D eigenvalue weighted by atomic mass is 16.1. The smallest absolute Gasteiger partial charge is 0.253 e. The van der Waals surface area contributed by atoms with Crippen molar-refractivity contribution in [2.75, 3.05) is 0 Å². The Morgan fingerprint density at radius 3 is 2.39 bits per heavy atom. The van der Waals surface area contributed by atoms with Gasteiger partial charge in [0.25, 0.3) is 5.91 Å². The average molecular weight is 242 g/mol. The van der Waals surface area contributed by atoms with Gasteiger partial charge in [0.05, 0.1) is 5.56 Å². The molecule has 0 radical (unpaired) electrons. The highest BCUT2D eigenvalue weighted by Gasteiger charge is 2.08. The van der Waals surface area contributed by atoms with E-state index in [1.807, 2.05) is 13.8 Å². The Morgan fingerprint density at radius 1 is 1.06 bits per heavy atom. The maximum atomic E-state index is 11.9. The number of amides is 1. The number of rotatable bonds is 3. The zero-order valence-corrected chi connectivity index (χ0v) is 10.3. The Hall–Kier alpha value is -2.30. The van der Waals surface area contributed by atoms with Crippen LogP contribution < -0.4 is 5.32 Å². The summed E-state index contributed by atoms with van der Waals surface area (Å²) in [5, 5.41) is 2.83. The van der Waals surface area contributed by atoms with E-state index >= 15 is 0 Å². The van der Waals surface area contributed by atoms with Crippen molar-refractivity contribution in [3.8, 4) is 11.1 Å². The molecule has 2 heterocycles. The molecule has 0 saturated heterocycles. The monoisotopic (exact) mass is 242 g/mol. The number of nitrogens with zero attached hydrogens (tertiary/aromatic N) is 3. The second-order valence-corrected chi connectivity index (χ2v) is 4.22. The third-order valence-electron chi connectivity index (χ3n) is 2.31. The van der Waals surface area contributed by atoms with Crippen LogP contribution in [0.5, 0.6) is 0 Å². The molecule has 5 heteroatoms. The number of nitrogens with one attached hydrogen (secondary N) is 1. The Balaban J connectivity index is 2.28. The number of pyridine rings is 1. The molecule has 2 aromatic heterocycles. The molecule has 1 amide bonds. The molecule has 0 aliphatic rings. The first-order valence-corrected chi connectivity index (χ1v) is 5.68. The van der Waals surface area contributed by atoms with Crippen LogP contribution in [-0.2, 0) is 0 Å². The molecule has 2 aromatic rings. The van der Waals surface area contributed by atoms with Gasteiger partial charge < -0.3 is 5.32 Å². The van der Waals surface area contributed by atoms with Gasteiger partial charge in [0.15, 0.2) is 0 Å². The first-order valence-electron chi connectivity index (χ1n) is 5.68. The van der Waals surface area contributed by atoms with E-state index in [0.29, 0.717) is 5.56 Å².